The highest BCUT2D eigenvalue weighted by Gasteiger charge is 2.20. The van der Waals surface area contributed by atoms with Gasteiger partial charge in [0, 0.05) is 18.1 Å². The van der Waals surface area contributed by atoms with Crippen molar-refractivity contribution in [2.45, 2.75) is 26.8 Å². The normalized spacial score (nSPS) is 17.6. The molecule has 1 saturated heterocycles. The van der Waals surface area contributed by atoms with Crippen molar-refractivity contribution < 1.29 is 9.53 Å². The zero-order chi connectivity index (χ0) is 16.4. The molecule has 0 radical (unpaired) electrons. The predicted molar refractivity (Wildman–Crippen MR) is 89.9 cm³/mol. The van der Waals surface area contributed by atoms with Crippen molar-refractivity contribution in [2.75, 3.05) is 19.7 Å². The average Bonchev–Trinajstić information content (AvgIpc) is 3.03. The van der Waals surface area contributed by atoms with E-state index in [9.17, 15) is 9.59 Å². The van der Waals surface area contributed by atoms with Gasteiger partial charge in [-0.3, -0.25) is 4.79 Å². The lowest BCUT2D eigenvalue weighted by Gasteiger charge is -2.16. The number of carbonyl (C=O) groups is 1. The van der Waals surface area contributed by atoms with Crippen molar-refractivity contribution in [1.29, 1.82) is 0 Å². The molecule has 0 unspecified atom stereocenters. The molecule has 0 aliphatic carbocycles. The second-order valence-corrected chi connectivity index (χ2v) is 6.12. The van der Waals surface area contributed by atoms with Crippen LogP contribution < -0.4 is 10.7 Å². The molecule has 1 aliphatic heterocycles. The summed E-state index contributed by atoms with van der Waals surface area (Å²) in [4.78, 5) is 24.8. The number of pyridine rings is 1. The number of benzene rings is 1. The Bertz CT molecular complexity index is 789. The minimum absolute atomic E-state index is 0.121. The fourth-order valence-corrected chi connectivity index (χ4v) is 3.17. The van der Waals surface area contributed by atoms with E-state index in [0.29, 0.717) is 11.3 Å². The summed E-state index contributed by atoms with van der Waals surface area (Å²) in [5, 5.41) is 3.94. The fraction of sp³-hybridized carbons (Fsp3) is 0.444. The lowest BCUT2D eigenvalue weighted by atomic mass is 10.1. The first kappa shape index (κ1) is 15.7. The van der Waals surface area contributed by atoms with Crippen LogP contribution in [0.4, 0.5) is 0 Å². The Morgan fingerprint density at radius 2 is 2.26 bits per heavy atom. The maximum atomic E-state index is 12.7. The van der Waals surface area contributed by atoms with Gasteiger partial charge in [-0.05, 0) is 51.4 Å². The average molecular weight is 314 g/mol. The molecule has 1 aliphatic rings. The second-order valence-electron chi connectivity index (χ2n) is 6.12. The zero-order valence-corrected chi connectivity index (χ0v) is 13.6. The largest absolute Gasteiger partial charge is 0.462 e. The highest BCUT2D eigenvalue weighted by Crippen LogP contribution is 2.18. The number of aromatic nitrogens is 1. The van der Waals surface area contributed by atoms with Crippen molar-refractivity contribution in [3.05, 3.63) is 45.7 Å². The summed E-state index contributed by atoms with van der Waals surface area (Å²) in [6, 6.07) is 5.81. The SMILES string of the molecule is CCOC(=O)c1cn(C[C@H]2CCNC2)c2ccc(C)cc2c1=O. The third kappa shape index (κ3) is 3.15. The third-order valence-corrected chi connectivity index (χ3v) is 4.35. The van der Waals surface area contributed by atoms with Crippen molar-refractivity contribution in [2.24, 2.45) is 5.92 Å². The van der Waals surface area contributed by atoms with Gasteiger partial charge in [-0.1, -0.05) is 11.6 Å². The Morgan fingerprint density at radius 3 is 2.96 bits per heavy atom. The van der Waals surface area contributed by atoms with Crippen molar-refractivity contribution >= 4 is 16.9 Å². The number of rotatable bonds is 4. The molecule has 3 rings (SSSR count). The standard InChI is InChI=1S/C18H22N2O3/c1-3-23-18(22)15-11-20(10-13-6-7-19-9-13)16-5-4-12(2)8-14(16)17(15)21/h4-5,8,11,13,19H,3,6-7,9-10H2,1-2H3/t13-/m0/s1. The second kappa shape index (κ2) is 6.54. The molecular formula is C18H22N2O3. The minimum atomic E-state index is -0.542. The number of aryl methyl sites for hydroxylation is 1. The van der Waals surface area contributed by atoms with Gasteiger partial charge in [0.05, 0.1) is 12.1 Å². The van der Waals surface area contributed by atoms with Gasteiger partial charge < -0.3 is 14.6 Å². The summed E-state index contributed by atoms with van der Waals surface area (Å²) in [7, 11) is 0. The summed E-state index contributed by atoms with van der Waals surface area (Å²) in [6.45, 7) is 6.73. The number of nitrogens with one attached hydrogen (secondary N) is 1. The molecule has 1 N–H and O–H groups in total. The first-order valence-electron chi connectivity index (χ1n) is 8.11. The van der Waals surface area contributed by atoms with Gasteiger partial charge in [0.15, 0.2) is 0 Å². The van der Waals surface area contributed by atoms with Gasteiger partial charge in [-0.2, -0.15) is 0 Å². The van der Waals surface area contributed by atoms with E-state index in [1.165, 1.54) is 0 Å². The smallest absolute Gasteiger partial charge is 0.343 e. The van der Waals surface area contributed by atoms with Crippen LogP contribution in [0.3, 0.4) is 0 Å². The predicted octanol–water partition coefficient (Wildman–Crippen LogP) is 2.10. The van der Waals surface area contributed by atoms with Crippen LogP contribution in [0.15, 0.2) is 29.2 Å². The Hall–Kier alpha value is -2.14. The number of ether oxygens (including phenoxy) is 1. The number of hydrogen-bond acceptors (Lipinski definition) is 4. The molecule has 5 nitrogen and oxygen atoms in total. The maximum Gasteiger partial charge on any atom is 0.343 e. The molecular weight excluding hydrogens is 292 g/mol. The fourth-order valence-electron chi connectivity index (χ4n) is 3.17. The molecule has 0 spiro atoms. The van der Waals surface area contributed by atoms with Crippen molar-refractivity contribution in [1.82, 2.24) is 9.88 Å². The first-order valence-corrected chi connectivity index (χ1v) is 8.11. The molecule has 1 aromatic carbocycles. The summed E-state index contributed by atoms with van der Waals surface area (Å²) >= 11 is 0. The van der Waals surface area contributed by atoms with Crippen LogP contribution in [0.2, 0.25) is 0 Å². The molecule has 5 heteroatoms. The van der Waals surface area contributed by atoms with E-state index in [0.717, 1.165) is 37.1 Å². The highest BCUT2D eigenvalue weighted by molar-refractivity contribution is 5.93. The van der Waals surface area contributed by atoms with E-state index in [2.05, 4.69) is 5.32 Å². The van der Waals surface area contributed by atoms with Gasteiger partial charge in [0.1, 0.15) is 5.56 Å². The Kier molecular flexibility index (Phi) is 4.48. The number of fused-ring (bicyclic) bond motifs is 1. The highest BCUT2D eigenvalue weighted by atomic mass is 16.5. The van der Waals surface area contributed by atoms with Crippen LogP contribution in [-0.4, -0.2) is 30.2 Å². The van der Waals surface area contributed by atoms with E-state index < -0.39 is 5.97 Å². The van der Waals surface area contributed by atoms with E-state index in [1.54, 1.807) is 13.1 Å². The van der Waals surface area contributed by atoms with Gasteiger partial charge in [0.2, 0.25) is 5.43 Å². The van der Waals surface area contributed by atoms with Crippen LogP contribution in [-0.2, 0) is 11.3 Å². The van der Waals surface area contributed by atoms with Gasteiger partial charge in [-0.25, -0.2) is 4.79 Å². The summed E-state index contributed by atoms with van der Waals surface area (Å²) in [6.07, 6.45) is 2.77. The number of hydrogen-bond donors (Lipinski definition) is 1. The van der Waals surface area contributed by atoms with E-state index in [1.807, 2.05) is 29.7 Å². The lowest BCUT2D eigenvalue weighted by Crippen LogP contribution is -2.23. The zero-order valence-electron chi connectivity index (χ0n) is 13.6. The summed E-state index contributed by atoms with van der Waals surface area (Å²) in [5.41, 5.74) is 1.75. The first-order chi connectivity index (χ1) is 11.1. The van der Waals surface area contributed by atoms with E-state index in [4.69, 9.17) is 4.74 Å². The van der Waals surface area contributed by atoms with Crippen LogP contribution in [0.1, 0.15) is 29.3 Å². The molecule has 2 heterocycles. The van der Waals surface area contributed by atoms with Crippen LogP contribution >= 0.6 is 0 Å². The van der Waals surface area contributed by atoms with Crippen LogP contribution in [0.5, 0.6) is 0 Å². The molecule has 2 aromatic rings. The lowest BCUT2D eigenvalue weighted by molar-refractivity contribution is 0.0524. The quantitative estimate of drug-likeness (QED) is 0.878. The van der Waals surface area contributed by atoms with Crippen molar-refractivity contribution in [3.63, 3.8) is 0 Å². The summed E-state index contributed by atoms with van der Waals surface area (Å²) < 4.78 is 7.08. The Balaban J connectivity index is 2.14. The maximum absolute atomic E-state index is 12.7. The molecule has 23 heavy (non-hydrogen) atoms. The monoisotopic (exact) mass is 314 g/mol. The van der Waals surface area contributed by atoms with Crippen molar-refractivity contribution in [3.8, 4) is 0 Å². The Labute approximate surface area is 135 Å². The van der Waals surface area contributed by atoms with Crippen LogP contribution in [0, 0.1) is 12.8 Å². The molecule has 1 atom stereocenters. The summed E-state index contributed by atoms with van der Waals surface area (Å²) in [5.74, 6) is -0.0312. The topological polar surface area (TPSA) is 60.3 Å². The number of esters is 1. The molecule has 1 fully saturated rings. The van der Waals surface area contributed by atoms with Gasteiger partial charge >= 0.3 is 5.97 Å². The minimum Gasteiger partial charge on any atom is -0.462 e. The van der Waals surface area contributed by atoms with E-state index >= 15 is 0 Å². The van der Waals surface area contributed by atoms with Gasteiger partial charge in [0.25, 0.3) is 0 Å². The number of carbonyl (C=O) groups excluding carboxylic acids is 1. The van der Waals surface area contributed by atoms with Gasteiger partial charge in [-0.15, -0.1) is 0 Å². The third-order valence-electron chi connectivity index (χ3n) is 4.35. The Morgan fingerprint density at radius 1 is 1.43 bits per heavy atom. The molecule has 0 bridgehead atoms. The molecule has 0 amide bonds. The molecule has 122 valence electrons. The van der Waals surface area contributed by atoms with E-state index in [-0.39, 0.29) is 17.6 Å². The molecule has 0 saturated carbocycles. The molecule has 1 aromatic heterocycles. The number of nitrogens with zero attached hydrogens (tertiary/aromatic N) is 1. The van der Waals surface area contributed by atoms with Crippen LogP contribution in [0.25, 0.3) is 10.9 Å².